The summed E-state index contributed by atoms with van der Waals surface area (Å²) in [5, 5.41) is 4.79. The van der Waals surface area contributed by atoms with Crippen LogP contribution >= 0.6 is 0 Å². The van der Waals surface area contributed by atoms with Crippen LogP contribution in [0.4, 0.5) is 4.79 Å². The monoisotopic (exact) mass is 305 g/mol. The van der Waals surface area contributed by atoms with Crippen molar-refractivity contribution < 1.29 is 18.4 Å². The minimum absolute atomic E-state index is 0.0541. The Kier molecular flexibility index (Phi) is 5.79. The normalized spacial score (nSPS) is 10.6. The molecule has 0 saturated heterocycles. The SMILES string of the molecule is CCNC(=O)NC(=O)CN(Cc1ccco1)Cc1ccco1. The minimum Gasteiger partial charge on any atom is -0.468 e. The highest BCUT2D eigenvalue weighted by atomic mass is 16.3. The van der Waals surface area contributed by atoms with E-state index in [-0.39, 0.29) is 12.5 Å². The van der Waals surface area contributed by atoms with Crippen LogP contribution < -0.4 is 10.6 Å². The topological polar surface area (TPSA) is 87.7 Å². The third-order valence-electron chi connectivity index (χ3n) is 2.88. The van der Waals surface area contributed by atoms with Crippen molar-refractivity contribution in [2.75, 3.05) is 13.1 Å². The molecule has 2 aromatic heterocycles. The summed E-state index contributed by atoms with van der Waals surface area (Å²) >= 11 is 0. The molecule has 0 bridgehead atoms. The molecule has 2 heterocycles. The van der Waals surface area contributed by atoms with Gasteiger partial charge < -0.3 is 14.2 Å². The van der Waals surface area contributed by atoms with Crippen LogP contribution in [0.2, 0.25) is 0 Å². The molecule has 22 heavy (non-hydrogen) atoms. The molecule has 2 N–H and O–H groups in total. The zero-order chi connectivity index (χ0) is 15.8. The van der Waals surface area contributed by atoms with Crippen molar-refractivity contribution in [1.29, 1.82) is 0 Å². The number of carbonyl (C=O) groups excluding carboxylic acids is 2. The van der Waals surface area contributed by atoms with Crippen molar-refractivity contribution in [2.45, 2.75) is 20.0 Å². The van der Waals surface area contributed by atoms with E-state index >= 15 is 0 Å². The van der Waals surface area contributed by atoms with Crippen LogP contribution in [-0.2, 0) is 17.9 Å². The Balaban J connectivity index is 1.94. The number of imide groups is 1. The molecule has 0 saturated carbocycles. The lowest BCUT2D eigenvalue weighted by atomic mass is 10.3. The lowest BCUT2D eigenvalue weighted by Crippen LogP contribution is -2.44. The number of nitrogens with one attached hydrogen (secondary N) is 2. The van der Waals surface area contributed by atoms with Gasteiger partial charge >= 0.3 is 6.03 Å². The van der Waals surface area contributed by atoms with Crippen LogP contribution in [0.25, 0.3) is 0 Å². The van der Waals surface area contributed by atoms with Crippen molar-refractivity contribution in [1.82, 2.24) is 15.5 Å². The second-order valence-electron chi connectivity index (χ2n) is 4.71. The maximum atomic E-state index is 11.9. The van der Waals surface area contributed by atoms with Gasteiger partial charge in [-0.2, -0.15) is 0 Å². The van der Waals surface area contributed by atoms with Gasteiger partial charge in [0.25, 0.3) is 0 Å². The summed E-state index contributed by atoms with van der Waals surface area (Å²) in [6.45, 7) is 3.18. The van der Waals surface area contributed by atoms with Crippen LogP contribution in [0.1, 0.15) is 18.4 Å². The summed E-state index contributed by atoms with van der Waals surface area (Å²) in [5.74, 6) is 1.08. The molecule has 0 aliphatic heterocycles. The molecule has 0 unspecified atom stereocenters. The highest BCUT2D eigenvalue weighted by molar-refractivity contribution is 5.95. The predicted molar refractivity (Wildman–Crippen MR) is 78.7 cm³/mol. The van der Waals surface area contributed by atoms with E-state index in [2.05, 4.69) is 10.6 Å². The highest BCUT2D eigenvalue weighted by Gasteiger charge is 2.16. The Bertz CT molecular complexity index is 542. The fourth-order valence-corrected chi connectivity index (χ4v) is 1.99. The van der Waals surface area contributed by atoms with Gasteiger partial charge in [-0.1, -0.05) is 0 Å². The summed E-state index contributed by atoms with van der Waals surface area (Å²) in [6.07, 6.45) is 3.16. The van der Waals surface area contributed by atoms with E-state index < -0.39 is 6.03 Å². The number of amides is 3. The Morgan fingerprint density at radius 1 is 1.09 bits per heavy atom. The number of urea groups is 1. The molecule has 0 atom stereocenters. The van der Waals surface area contributed by atoms with Gasteiger partial charge in [0.15, 0.2) is 0 Å². The Hall–Kier alpha value is -2.54. The predicted octanol–water partition coefficient (Wildman–Crippen LogP) is 1.72. The summed E-state index contributed by atoms with van der Waals surface area (Å²) in [5.41, 5.74) is 0. The van der Waals surface area contributed by atoms with Gasteiger partial charge in [-0.3, -0.25) is 15.0 Å². The minimum atomic E-state index is -0.497. The average molecular weight is 305 g/mol. The molecular weight excluding hydrogens is 286 g/mol. The van der Waals surface area contributed by atoms with E-state index in [0.29, 0.717) is 19.6 Å². The van der Waals surface area contributed by atoms with Crippen LogP contribution in [0.3, 0.4) is 0 Å². The highest BCUT2D eigenvalue weighted by Crippen LogP contribution is 2.10. The number of carbonyl (C=O) groups is 2. The molecular formula is C15H19N3O4. The van der Waals surface area contributed by atoms with E-state index in [9.17, 15) is 9.59 Å². The van der Waals surface area contributed by atoms with E-state index in [4.69, 9.17) is 8.83 Å². The second kappa shape index (κ2) is 8.04. The maximum Gasteiger partial charge on any atom is 0.321 e. The van der Waals surface area contributed by atoms with Gasteiger partial charge in [0, 0.05) is 6.54 Å². The summed E-state index contributed by atoms with van der Waals surface area (Å²) in [7, 11) is 0. The first kappa shape index (κ1) is 15.8. The Morgan fingerprint density at radius 2 is 1.68 bits per heavy atom. The number of hydrogen-bond donors (Lipinski definition) is 2. The summed E-state index contributed by atoms with van der Waals surface area (Å²) in [4.78, 5) is 25.1. The molecule has 3 amide bonds. The Labute approximate surface area is 128 Å². The molecule has 0 aromatic carbocycles. The Morgan fingerprint density at radius 3 is 2.14 bits per heavy atom. The molecule has 0 radical (unpaired) electrons. The molecule has 0 aliphatic rings. The van der Waals surface area contributed by atoms with Crippen LogP contribution in [-0.4, -0.2) is 29.9 Å². The fourth-order valence-electron chi connectivity index (χ4n) is 1.99. The largest absolute Gasteiger partial charge is 0.468 e. The van der Waals surface area contributed by atoms with Gasteiger partial charge in [-0.05, 0) is 31.2 Å². The number of hydrogen-bond acceptors (Lipinski definition) is 5. The molecule has 7 heteroatoms. The first-order valence-corrected chi connectivity index (χ1v) is 7.02. The number of furan rings is 2. The van der Waals surface area contributed by atoms with E-state index in [1.54, 1.807) is 31.6 Å². The molecule has 0 aliphatic carbocycles. The first-order chi connectivity index (χ1) is 10.7. The fraction of sp³-hybridized carbons (Fsp3) is 0.333. The van der Waals surface area contributed by atoms with Gasteiger partial charge in [0.2, 0.25) is 5.91 Å². The van der Waals surface area contributed by atoms with E-state index in [0.717, 1.165) is 11.5 Å². The third kappa shape index (κ3) is 5.10. The lowest BCUT2D eigenvalue weighted by molar-refractivity contribution is -0.121. The van der Waals surface area contributed by atoms with Crippen molar-refractivity contribution >= 4 is 11.9 Å². The molecule has 2 aromatic rings. The zero-order valence-corrected chi connectivity index (χ0v) is 12.4. The quantitative estimate of drug-likeness (QED) is 0.813. The smallest absolute Gasteiger partial charge is 0.321 e. The van der Waals surface area contributed by atoms with Crippen molar-refractivity contribution in [3.63, 3.8) is 0 Å². The van der Waals surface area contributed by atoms with E-state index in [1.807, 2.05) is 17.0 Å². The molecule has 0 spiro atoms. The van der Waals surface area contributed by atoms with Gasteiger partial charge in [-0.25, -0.2) is 4.79 Å². The first-order valence-electron chi connectivity index (χ1n) is 7.02. The van der Waals surface area contributed by atoms with E-state index in [1.165, 1.54) is 0 Å². The number of nitrogens with zero attached hydrogens (tertiary/aromatic N) is 1. The van der Waals surface area contributed by atoms with Gasteiger partial charge in [0.05, 0.1) is 32.2 Å². The molecule has 7 nitrogen and oxygen atoms in total. The molecule has 118 valence electrons. The van der Waals surface area contributed by atoms with Crippen LogP contribution in [0.5, 0.6) is 0 Å². The second-order valence-corrected chi connectivity index (χ2v) is 4.71. The maximum absolute atomic E-state index is 11.9. The zero-order valence-electron chi connectivity index (χ0n) is 12.4. The standard InChI is InChI=1S/C15H19N3O4/c1-2-16-15(20)17-14(19)11-18(9-12-5-3-7-21-12)10-13-6-4-8-22-13/h3-8H,2,9-11H2,1H3,(H2,16,17,19,20). The van der Waals surface area contributed by atoms with Gasteiger partial charge in [-0.15, -0.1) is 0 Å². The third-order valence-corrected chi connectivity index (χ3v) is 2.88. The van der Waals surface area contributed by atoms with Crippen molar-refractivity contribution in [2.24, 2.45) is 0 Å². The van der Waals surface area contributed by atoms with Gasteiger partial charge in [0.1, 0.15) is 11.5 Å². The van der Waals surface area contributed by atoms with Crippen LogP contribution in [0, 0.1) is 0 Å². The number of rotatable bonds is 7. The summed E-state index contributed by atoms with van der Waals surface area (Å²) < 4.78 is 10.6. The van der Waals surface area contributed by atoms with Crippen molar-refractivity contribution in [3.8, 4) is 0 Å². The average Bonchev–Trinajstić information content (AvgIpc) is 3.12. The van der Waals surface area contributed by atoms with Crippen LogP contribution in [0.15, 0.2) is 45.6 Å². The molecule has 2 rings (SSSR count). The summed E-state index contributed by atoms with van der Waals surface area (Å²) in [6, 6.07) is 6.74. The van der Waals surface area contributed by atoms with Crippen molar-refractivity contribution in [3.05, 3.63) is 48.3 Å². The molecule has 0 fully saturated rings. The lowest BCUT2D eigenvalue weighted by Gasteiger charge is -2.19.